The topological polar surface area (TPSA) is 125 Å². The monoisotopic (exact) mass is 394 g/mol. The van der Waals surface area contributed by atoms with E-state index in [-0.39, 0.29) is 11.2 Å². The minimum atomic E-state index is -0.359. The first-order valence-corrected chi connectivity index (χ1v) is 9.52. The Morgan fingerprint density at radius 1 is 1.17 bits per heavy atom. The molecular weight excluding hydrogens is 372 g/mol. The molecule has 0 aliphatic rings. The lowest BCUT2D eigenvalue weighted by atomic mass is 10.1. The molecule has 4 rings (SSSR count). The van der Waals surface area contributed by atoms with Gasteiger partial charge in [-0.2, -0.15) is 0 Å². The van der Waals surface area contributed by atoms with Crippen LogP contribution in [0.15, 0.2) is 50.8 Å². The first kappa shape index (κ1) is 18.7. The molecule has 0 aliphatic heterocycles. The van der Waals surface area contributed by atoms with Crippen molar-refractivity contribution >= 4 is 16.9 Å². The number of nitrogens with one attached hydrogen (secondary N) is 1. The van der Waals surface area contributed by atoms with E-state index in [4.69, 9.17) is 10.3 Å². The van der Waals surface area contributed by atoms with Gasteiger partial charge in [-0.1, -0.05) is 30.3 Å². The molecule has 9 nitrogen and oxygen atoms in total. The highest BCUT2D eigenvalue weighted by molar-refractivity contribution is 5.70. The molecule has 150 valence electrons. The van der Waals surface area contributed by atoms with Gasteiger partial charge in [0.1, 0.15) is 17.6 Å². The van der Waals surface area contributed by atoms with Gasteiger partial charge in [0, 0.05) is 30.8 Å². The Labute approximate surface area is 165 Å². The number of aromatic nitrogens is 5. The van der Waals surface area contributed by atoms with Gasteiger partial charge in [0.25, 0.3) is 5.56 Å². The standard InChI is InChI=1S/C20H22N6O3/c1-2-8-26-19(27)17-18(24-16(23-17)10-13-11-22-29-12-13)25(20(26)28)9-7-14-5-3-4-6-15(14)21/h3-6,11-12H,2,7-10,21H2,1H3,(H,23,24). The molecule has 0 aliphatic carbocycles. The van der Waals surface area contributed by atoms with E-state index in [9.17, 15) is 9.59 Å². The highest BCUT2D eigenvalue weighted by Crippen LogP contribution is 2.14. The number of nitrogen functional groups attached to an aromatic ring is 1. The predicted molar refractivity (Wildman–Crippen MR) is 109 cm³/mol. The second-order valence-corrected chi connectivity index (χ2v) is 6.93. The highest BCUT2D eigenvalue weighted by atomic mass is 16.5. The zero-order valence-corrected chi connectivity index (χ0v) is 16.1. The van der Waals surface area contributed by atoms with Crippen LogP contribution in [0.4, 0.5) is 5.69 Å². The summed E-state index contributed by atoms with van der Waals surface area (Å²) >= 11 is 0. The van der Waals surface area contributed by atoms with Crippen molar-refractivity contribution in [1.82, 2.24) is 24.3 Å². The third-order valence-electron chi connectivity index (χ3n) is 4.87. The zero-order valence-electron chi connectivity index (χ0n) is 16.1. The minimum Gasteiger partial charge on any atom is -0.399 e. The number of hydrogen-bond donors (Lipinski definition) is 2. The molecule has 0 radical (unpaired) electrons. The molecule has 3 heterocycles. The number of imidazole rings is 1. The third kappa shape index (κ3) is 3.58. The van der Waals surface area contributed by atoms with Crippen molar-refractivity contribution in [3.05, 3.63) is 74.5 Å². The molecular formula is C20H22N6O3. The Morgan fingerprint density at radius 2 is 2.00 bits per heavy atom. The van der Waals surface area contributed by atoms with E-state index >= 15 is 0 Å². The van der Waals surface area contributed by atoms with Gasteiger partial charge < -0.3 is 15.2 Å². The van der Waals surface area contributed by atoms with Crippen molar-refractivity contribution in [2.45, 2.75) is 39.3 Å². The summed E-state index contributed by atoms with van der Waals surface area (Å²) in [6.45, 7) is 2.64. The number of para-hydroxylation sites is 1. The number of benzene rings is 1. The second-order valence-electron chi connectivity index (χ2n) is 6.93. The van der Waals surface area contributed by atoms with Gasteiger partial charge in [-0.15, -0.1) is 0 Å². The normalized spacial score (nSPS) is 11.3. The first-order valence-electron chi connectivity index (χ1n) is 9.52. The van der Waals surface area contributed by atoms with Crippen molar-refractivity contribution in [2.24, 2.45) is 0 Å². The van der Waals surface area contributed by atoms with Gasteiger partial charge >= 0.3 is 5.69 Å². The van der Waals surface area contributed by atoms with Crippen LogP contribution < -0.4 is 17.0 Å². The summed E-state index contributed by atoms with van der Waals surface area (Å²) in [5, 5.41) is 3.68. The Hall–Kier alpha value is -3.62. The van der Waals surface area contributed by atoms with E-state index in [1.807, 2.05) is 31.2 Å². The molecule has 1 aromatic carbocycles. The van der Waals surface area contributed by atoms with E-state index in [0.29, 0.717) is 55.0 Å². The van der Waals surface area contributed by atoms with Gasteiger partial charge in [-0.25, -0.2) is 9.78 Å². The van der Waals surface area contributed by atoms with E-state index < -0.39 is 0 Å². The molecule has 4 aromatic rings. The summed E-state index contributed by atoms with van der Waals surface area (Å²) in [6, 6.07) is 7.54. The summed E-state index contributed by atoms with van der Waals surface area (Å²) < 4.78 is 7.66. The first-order chi connectivity index (χ1) is 14.1. The maximum absolute atomic E-state index is 13.0. The molecule has 0 unspecified atom stereocenters. The van der Waals surface area contributed by atoms with E-state index in [1.165, 1.54) is 10.8 Å². The molecule has 0 bridgehead atoms. The fourth-order valence-electron chi connectivity index (χ4n) is 3.42. The van der Waals surface area contributed by atoms with E-state index in [1.54, 1.807) is 10.8 Å². The lowest BCUT2D eigenvalue weighted by molar-refractivity contribution is 0.419. The Morgan fingerprint density at radius 3 is 2.72 bits per heavy atom. The second kappa shape index (κ2) is 7.78. The van der Waals surface area contributed by atoms with Gasteiger partial charge in [0.15, 0.2) is 5.65 Å². The predicted octanol–water partition coefficient (Wildman–Crippen LogP) is 1.70. The maximum Gasteiger partial charge on any atom is 0.332 e. The van der Waals surface area contributed by atoms with Crippen LogP contribution >= 0.6 is 0 Å². The number of hydrogen-bond acceptors (Lipinski definition) is 6. The van der Waals surface area contributed by atoms with Crippen molar-refractivity contribution in [3.8, 4) is 0 Å². The lowest BCUT2D eigenvalue weighted by Crippen LogP contribution is -2.40. The number of aromatic amines is 1. The molecule has 3 N–H and O–H groups in total. The molecule has 9 heteroatoms. The van der Waals surface area contributed by atoms with E-state index in [2.05, 4.69) is 15.1 Å². The Bertz CT molecular complexity index is 1250. The van der Waals surface area contributed by atoms with Crippen LogP contribution in [-0.2, 0) is 25.9 Å². The van der Waals surface area contributed by atoms with Crippen molar-refractivity contribution in [2.75, 3.05) is 5.73 Å². The summed E-state index contributed by atoms with van der Waals surface area (Å²) in [5.74, 6) is 0.571. The number of anilines is 1. The number of nitrogens with zero attached hydrogens (tertiary/aromatic N) is 4. The molecule has 0 saturated carbocycles. The number of rotatable bonds is 7. The van der Waals surface area contributed by atoms with Crippen molar-refractivity contribution < 1.29 is 4.52 Å². The van der Waals surface area contributed by atoms with Crippen LogP contribution in [0, 0.1) is 0 Å². The quantitative estimate of drug-likeness (QED) is 0.460. The van der Waals surface area contributed by atoms with Gasteiger partial charge in [0.05, 0.1) is 6.20 Å². The summed E-state index contributed by atoms with van der Waals surface area (Å²) in [5.41, 5.74) is 8.45. The average molecular weight is 394 g/mol. The molecule has 0 saturated heterocycles. The Kier molecular flexibility index (Phi) is 5.03. The fourth-order valence-corrected chi connectivity index (χ4v) is 3.42. The maximum atomic E-state index is 13.0. The highest BCUT2D eigenvalue weighted by Gasteiger charge is 2.17. The Balaban J connectivity index is 1.79. The summed E-state index contributed by atoms with van der Waals surface area (Å²) in [7, 11) is 0. The van der Waals surface area contributed by atoms with Crippen molar-refractivity contribution in [3.63, 3.8) is 0 Å². The average Bonchev–Trinajstić information content (AvgIpc) is 3.37. The molecule has 29 heavy (non-hydrogen) atoms. The molecule has 0 atom stereocenters. The van der Waals surface area contributed by atoms with Crippen LogP contribution in [0.1, 0.15) is 30.3 Å². The number of aryl methyl sites for hydroxylation is 2. The van der Waals surface area contributed by atoms with Crippen LogP contribution in [0.25, 0.3) is 11.2 Å². The summed E-state index contributed by atoms with van der Waals surface area (Å²) in [6.07, 6.45) is 4.76. The molecule has 0 spiro atoms. The van der Waals surface area contributed by atoms with Crippen LogP contribution in [-0.4, -0.2) is 24.3 Å². The number of nitrogens with two attached hydrogens (primary N) is 1. The van der Waals surface area contributed by atoms with Crippen LogP contribution in [0.5, 0.6) is 0 Å². The van der Waals surface area contributed by atoms with Crippen molar-refractivity contribution in [1.29, 1.82) is 0 Å². The number of fused-ring (bicyclic) bond motifs is 1. The minimum absolute atomic E-state index is 0.325. The van der Waals surface area contributed by atoms with Crippen LogP contribution in [0.2, 0.25) is 0 Å². The fraction of sp³-hybridized carbons (Fsp3) is 0.300. The molecule has 0 fully saturated rings. The smallest absolute Gasteiger partial charge is 0.332 e. The van der Waals surface area contributed by atoms with Gasteiger partial charge in [-0.3, -0.25) is 13.9 Å². The number of H-pyrrole nitrogens is 1. The largest absolute Gasteiger partial charge is 0.399 e. The summed E-state index contributed by atoms with van der Waals surface area (Å²) in [4.78, 5) is 33.5. The zero-order chi connectivity index (χ0) is 20.4. The van der Waals surface area contributed by atoms with Gasteiger partial charge in [-0.05, 0) is 24.5 Å². The SMILES string of the molecule is CCCn1c(=O)c2[nH]c(Cc3cnoc3)nc2n(CCc2ccccc2N)c1=O. The van der Waals surface area contributed by atoms with E-state index in [0.717, 1.165) is 11.1 Å². The molecule has 0 amide bonds. The third-order valence-corrected chi connectivity index (χ3v) is 4.87. The lowest BCUT2D eigenvalue weighted by Gasteiger charge is -2.11. The van der Waals surface area contributed by atoms with Gasteiger partial charge in [0.2, 0.25) is 0 Å². The van der Waals surface area contributed by atoms with Crippen LogP contribution in [0.3, 0.4) is 0 Å². The molecule has 3 aromatic heterocycles.